The molecule has 0 radical (unpaired) electrons. The average molecular weight is 298 g/mol. The number of allylic oxidation sites excluding steroid dienone is 4. The number of carbonyl (C=O) groups excluding carboxylic acids is 1. The van der Waals surface area contributed by atoms with Crippen LogP contribution in [0.15, 0.2) is 53.8 Å². The van der Waals surface area contributed by atoms with E-state index in [1.54, 1.807) is 18.2 Å². The molecule has 1 amide bonds. The van der Waals surface area contributed by atoms with E-state index in [0.717, 1.165) is 6.08 Å². The van der Waals surface area contributed by atoms with Gasteiger partial charge in [-0.2, -0.15) is 13.2 Å². The van der Waals surface area contributed by atoms with Crippen LogP contribution in [-0.4, -0.2) is 18.5 Å². The molecule has 0 atom stereocenters. The van der Waals surface area contributed by atoms with Gasteiger partial charge >= 0.3 is 12.3 Å². The van der Waals surface area contributed by atoms with Crippen LogP contribution in [0.4, 0.5) is 18.0 Å². The fourth-order valence-corrected chi connectivity index (χ4v) is 1.37. The number of carbonyl (C=O) groups is 1. The maximum Gasteiger partial charge on any atom is 0.416 e. The number of halogens is 3. The van der Waals surface area contributed by atoms with Crippen molar-refractivity contribution in [3.8, 4) is 5.75 Å². The molecule has 0 saturated heterocycles. The molecule has 0 bridgehead atoms. The molecular weight excluding hydrogens is 285 g/mol. The molecule has 1 rings (SSSR count). The SMILES string of the molecule is C/C(=C\C(=C/C=N)C(F)(F)F)NC(=O)Oc1ccccc1. The number of benzene rings is 1. The zero-order valence-corrected chi connectivity index (χ0v) is 11.1. The van der Waals surface area contributed by atoms with Gasteiger partial charge in [0.25, 0.3) is 0 Å². The van der Waals surface area contributed by atoms with Crippen molar-refractivity contribution in [2.24, 2.45) is 0 Å². The topological polar surface area (TPSA) is 62.2 Å². The molecule has 0 unspecified atom stereocenters. The first-order valence-electron chi connectivity index (χ1n) is 5.83. The molecule has 4 nitrogen and oxygen atoms in total. The third-order valence-corrected chi connectivity index (χ3v) is 2.22. The van der Waals surface area contributed by atoms with Crippen molar-refractivity contribution < 1.29 is 22.7 Å². The highest BCUT2D eigenvalue weighted by Crippen LogP contribution is 2.26. The van der Waals surface area contributed by atoms with Crippen molar-refractivity contribution in [2.75, 3.05) is 0 Å². The smallest absolute Gasteiger partial charge is 0.410 e. The first kappa shape index (κ1) is 16.5. The van der Waals surface area contributed by atoms with Gasteiger partial charge < -0.3 is 10.1 Å². The van der Waals surface area contributed by atoms with Gasteiger partial charge in [-0.3, -0.25) is 5.32 Å². The quantitative estimate of drug-likeness (QED) is 0.655. The van der Waals surface area contributed by atoms with Crippen LogP contribution in [0.25, 0.3) is 0 Å². The summed E-state index contributed by atoms with van der Waals surface area (Å²) >= 11 is 0. The molecule has 1 aromatic rings. The Morgan fingerprint density at radius 1 is 1.29 bits per heavy atom. The number of nitrogens with one attached hydrogen (secondary N) is 2. The second-order valence-electron chi connectivity index (χ2n) is 3.94. The zero-order chi connectivity index (χ0) is 15.9. The van der Waals surface area contributed by atoms with Crippen LogP contribution < -0.4 is 10.1 Å². The van der Waals surface area contributed by atoms with Crippen LogP contribution in [0.3, 0.4) is 0 Å². The lowest BCUT2D eigenvalue weighted by molar-refractivity contribution is -0.0881. The molecule has 7 heteroatoms. The number of hydrogen-bond donors (Lipinski definition) is 2. The number of para-hydroxylation sites is 1. The van der Waals surface area contributed by atoms with E-state index in [1.165, 1.54) is 19.1 Å². The highest BCUT2D eigenvalue weighted by Gasteiger charge is 2.31. The first-order chi connectivity index (χ1) is 9.82. The van der Waals surface area contributed by atoms with Gasteiger partial charge in [0.2, 0.25) is 0 Å². The molecule has 0 saturated carbocycles. The third kappa shape index (κ3) is 5.94. The molecule has 21 heavy (non-hydrogen) atoms. The van der Waals surface area contributed by atoms with Gasteiger partial charge in [0.1, 0.15) is 5.75 Å². The number of alkyl halides is 3. The summed E-state index contributed by atoms with van der Waals surface area (Å²) in [5.41, 5.74) is -1.10. The third-order valence-electron chi connectivity index (χ3n) is 2.22. The summed E-state index contributed by atoms with van der Waals surface area (Å²) in [5, 5.41) is 8.88. The van der Waals surface area contributed by atoms with Crippen LogP contribution >= 0.6 is 0 Å². The molecule has 0 aliphatic heterocycles. The lowest BCUT2D eigenvalue weighted by atomic mass is 10.2. The second kappa shape index (κ2) is 7.28. The van der Waals surface area contributed by atoms with Crippen LogP contribution in [0, 0.1) is 5.41 Å². The average Bonchev–Trinajstić information content (AvgIpc) is 2.38. The highest BCUT2D eigenvalue weighted by atomic mass is 19.4. The van der Waals surface area contributed by atoms with Gasteiger partial charge in [-0.1, -0.05) is 18.2 Å². The highest BCUT2D eigenvalue weighted by molar-refractivity contribution is 5.73. The lowest BCUT2D eigenvalue weighted by Gasteiger charge is -2.10. The van der Waals surface area contributed by atoms with E-state index < -0.39 is 17.8 Å². The second-order valence-corrected chi connectivity index (χ2v) is 3.94. The van der Waals surface area contributed by atoms with Crippen molar-refractivity contribution in [1.29, 1.82) is 5.41 Å². The minimum absolute atomic E-state index is 0.0543. The van der Waals surface area contributed by atoms with E-state index in [9.17, 15) is 18.0 Å². The number of hydrogen-bond acceptors (Lipinski definition) is 3. The number of amides is 1. The van der Waals surface area contributed by atoms with E-state index in [0.29, 0.717) is 12.3 Å². The zero-order valence-electron chi connectivity index (χ0n) is 11.1. The summed E-state index contributed by atoms with van der Waals surface area (Å²) in [7, 11) is 0. The van der Waals surface area contributed by atoms with E-state index in [1.807, 2.05) is 0 Å². The van der Waals surface area contributed by atoms with E-state index in [-0.39, 0.29) is 11.4 Å². The molecule has 0 aromatic heterocycles. The Morgan fingerprint density at radius 2 is 1.90 bits per heavy atom. The molecule has 2 N–H and O–H groups in total. The van der Waals surface area contributed by atoms with Gasteiger partial charge in [0.05, 0.1) is 5.57 Å². The number of ether oxygens (including phenoxy) is 1. The van der Waals surface area contributed by atoms with Gasteiger partial charge in [0, 0.05) is 11.9 Å². The predicted molar refractivity (Wildman–Crippen MR) is 72.3 cm³/mol. The Bertz CT molecular complexity index is 563. The summed E-state index contributed by atoms with van der Waals surface area (Å²) in [6.07, 6.45) is -3.67. The molecule has 0 fully saturated rings. The molecule has 0 aliphatic rings. The van der Waals surface area contributed by atoms with Crippen LogP contribution in [0.1, 0.15) is 6.92 Å². The molecule has 0 spiro atoms. The van der Waals surface area contributed by atoms with Gasteiger partial charge in [-0.25, -0.2) is 4.79 Å². The molecular formula is C14H13F3N2O2. The van der Waals surface area contributed by atoms with Crippen LogP contribution in [-0.2, 0) is 0 Å². The van der Waals surface area contributed by atoms with Crippen molar-refractivity contribution in [2.45, 2.75) is 13.1 Å². The maximum absolute atomic E-state index is 12.6. The molecule has 112 valence electrons. The van der Waals surface area contributed by atoms with E-state index in [4.69, 9.17) is 10.1 Å². The van der Waals surface area contributed by atoms with Crippen molar-refractivity contribution >= 4 is 12.3 Å². The molecule has 1 aromatic carbocycles. The van der Waals surface area contributed by atoms with E-state index in [2.05, 4.69) is 5.32 Å². The Balaban J connectivity index is 2.73. The van der Waals surface area contributed by atoms with Gasteiger partial charge in [0.15, 0.2) is 0 Å². The minimum Gasteiger partial charge on any atom is -0.410 e. The number of rotatable bonds is 4. The van der Waals surface area contributed by atoms with Crippen molar-refractivity contribution in [3.63, 3.8) is 0 Å². The summed E-state index contributed by atoms with van der Waals surface area (Å²) in [5.74, 6) is 0.272. The van der Waals surface area contributed by atoms with E-state index >= 15 is 0 Å². The van der Waals surface area contributed by atoms with Gasteiger partial charge in [-0.15, -0.1) is 0 Å². The van der Waals surface area contributed by atoms with Crippen LogP contribution in [0.2, 0.25) is 0 Å². The monoisotopic (exact) mass is 298 g/mol. The van der Waals surface area contributed by atoms with Crippen molar-refractivity contribution in [1.82, 2.24) is 5.32 Å². The summed E-state index contributed by atoms with van der Waals surface area (Å²) < 4.78 is 42.7. The summed E-state index contributed by atoms with van der Waals surface area (Å²) in [6.45, 7) is 1.29. The summed E-state index contributed by atoms with van der Waals surface area (Å²) in [6, 6.07) is 8.11. The Hall–Kier alpha value is -2.57. The largest absolute Gasteiger partial charge is 0.416 e. The first-order valence-corrected chi connectivity index (χ1v) is 5.83. The van der Waals surface area contributed by atoms with Crippen LogP contribution in [0.5, 0.6) is 5.75 Å². The summed E-state index contributed by atoms with van der Waals surface area (Å²) in [4.78, 5) is 11.5. The maximum atomic E-state index is 12.6. The van der Waals surface area contributed by atoms with Gasteiger partial charge in [-0.05, 0) is 31.2 Å². The molecule has 0 aliphatic carbocycles. The normalized spacial score (nSPS) is 12.8. The fraction of sp³-hybridized carbons (Fsp3) is 0.143. The Kier molecular flexibility index (Phi) is 5.71. The standard InChI is InChI=1S/C14H13F3N2O2/c1-10(9-11(7-8-18)14(15,16)17)19-13(20)21-12-5-3-2-4-6-12/h2-9,18H,1H3,(H,19,20)/b10-9+,11-7+,18-8?. The predicted octanol–water partition coefficient (Wildman–Crippen LogP) is 3.82. The fourth-order valence-electron chi connectivity index (χ4n) is 1.37. The van der Waals surface area contributed by atoms with Crippen molar-refractivity contribution in [3.05, 3.63) is 53.8 Å². The molecule has 0 heterocycles. The lowest BCUT2D eigenvalue weighted by Crippen LogP contribution is -2.25. The minimum atomic E-state index is -4.61. The Labute approximate surface area is 119 Å². The Morgan fingerprint density at radius 3 is 2.43 bits per heavy atom.